The lowest BCUT2D eigenvalue weighted by Crippen LogP contribution is -2.11. The molecule has 0 aliphatic rings. The molecular weight excluding hydrogens is 247 g/mol. The maximum atomic E-state index is 12.4. The van der Waals surface area contributed by atoms with Crippen molar-refractivity contribution in [3.63, 3.8) is 0 Å². The molecular formula is C12H10F3NS. The second kappa shape index (κ2) is 4.50. The molecule has 1 aromatic carbocycles. The van der Waals surface area contributed by atoms with Crippen LogP contribution in [0.4, 0.5) is 13.2 Å². The third-order valence-electron chi connectivity index (χ3n) is 2.45. The van der Waals surface area contributed by atoms with Gasteiger partial charge in [-0.25, -0.2) is 0 Å². The van der Waals surface area contributed by atoms with Crippen molar-refractivity contribution in [3.8, 4) is 0 Å². The maximum absolute atomic E-state index is 12.4. The molecule has 90 valence electrons. The van der Waals surface area contributed by atoms with Crippen molar-refractivity contribution in [1.29, 1.82) is 0 Å². The summed E-state index contributed by atoms with van der Waals surface area (Å²) in [7, 11) is 0. The zero-order valence-corrected chi connectivity index (χ0v) is 9.55. The number of rotatable bonds is 2. The number of hydrogen-bond donors (Lipinski definition) is 1. The van der Waals surface area contributed by atoms with Crippen LogP contribution >= 0.6 is 11.3 Å². The fraction of sp³-hybridized carbons (Fsp3) is 0.167. The van der Waals surface area contributed by atoms with Crippen LogP contribution in [0.3, 0.4) is 0 Å². The Morgan fingerprint density at radius 2 is 1.71 bits per heavy atom. The average molecular weight is 257 g/mol. The van der Waals surface area contributed by atoms with Crippen molar-refractivity contribution in [3.05, 3.63) is 57.8 Å². The van der Waals surface area contributed by atoms with E-state index < -0.39 is 11.7 Å². The van der Waals surface area contributed by atoms with E-state index in [-0.39, 0.29) is 6.04 Å². The fourth-order valence-corrected chi connectivity index (χ4v) is 2.27. The van der Waals surface area contributed by atoms with Gasteiger partial charge in [0.2, 0.25) is 0 Å². The molecule has 0 saturated heterocycles. The van der Waals surface area contributed by atoms with E-state index in [4.69, 9.17) is 5.73 Å². The molecule has 1 atom stereocenters. The molecule has 0 aliphatic carbocycles. The Hall–Kier alpha value is -1.33. The molecule has 1 nitrogen and oxygen atoms in total. The third-order valence-corrected chi connectivity index (χ3v) is 3.40. The van der Waals surface area contributed by atoms with E-state index in [1.165, 1.54) is 23.5 Å². The molecule has 2 rings (SSSR count). The molecule has 0 amide bonds. The summed E-state index contributed by atoms with van der Waals surface area (Å²) in [6.07, 6.45) is -4.30. The highest BCUT2D eigenvalue weighted by molar-refractivity contribution is 7.10. The molecule has 5 heteroatoms. The Balaban J connectivity index is 2.24. The Bertz CT molecular complexity index is 473. The Kier molecular flexibility index (Phi) is 3.22. The monoisotopic (exact) mass is 257 g/mol. The normalized spacial score (nSPS) is 13.6. The maximum Gasteiger partial charge on any atom is 0.416 e. The third kappa shape index (κ3) is 2.68. The number of benzene rings is 1. The molecule has 0 aliphatic heterocycles. The highest BCUT2D eigenvalue weighted by Crippen LogP contribution is 2.31. The van der Waals surface area contributed by atoms with Crippen LogP contribution in [0.15, 0.2) is 41.8 Å². The second-order valence-electron chi connectivity index (χ2n) is 3.61. The summed E-state index contributed by atoms with van der Waals surface area (Å²) in [5.41, 5.74) is 5.98. The number of hydrogen-bond acceptors (Lipinski definition) is 2. The van der Waals surface area contributed by atoms with E-state index in [2.05, 4.69) is 0 Å². The predicted molar refractivity (Wildman–Crippen MR) is 61.8 cm³/mol. The molecule has 0 bridgehead atoms. The first-order valence-corrected chi connectivity index (χ1v) is 5.82. The van der Waals surface area contributed by atoms with Gasteiger partial charge < -0.3 is 5.73 Å². The summed E-state index contributed by atoms with van der Waals surface area (Å²) in [6, 6.07) is 8.33. The van der Waals surface area contributed by atoms with Crippen molar-refractivity contribution < 1.29 is 13.2 Å². The first kappa shape index (κ1) is 12.1. The fourth-order valence-electron chi connectivity index (χ4n) is 1.51. The molecule has 0 fully saturated rings. The summed E-state index contributed by atoms with van der Waals surface area (Å²) >= 11 is 1.49. The quantitative estimate of drug-likeness (QED) is 0.869. The summed E-state index contributed by atoms with van der Waals surface area (Å²) in [5, 5.41) is 1.89. The minimum absolute atomic E-state index is 0.364. The van der Waals surface area contributed by atoms with Crippen molar-refractivity contribution in [2.45, 2.75) is 12.2 Å². The summed E-state index contributed by atoms with van der Waals surface area (Å²) in [4.78, 5) is 0.935. The molecule has 0 saturated carbocycles. The Morgan fingerprint density at radius 3 is 2.18 bits per heavy atom. The standard InChI is InChI=1S/C12H10F3NS/c13-12(14,15)9-5-3-8(4-6-9)11(16)10-2-1-7-17-10/h1-7,11H,16H2/t11-/m1/s1. The van der Waals surface area contributed by atoms with Crippen LogP contribution in [0.5, 0.6) is 0 Å². The van der Waals surface area contributed by atoms with E-state index in [0.29, 0.717) is 5.56 Å². The van der Waals surface area contributed by atoms with Crippen molar-refractivity contribution in [2.24, 2.45) is 5.73 Å². The predicted octanol–water partition coefficient (Wildman–Crippen LogP) is 3.82. The highest BCUT2D eigenvalue weighted by atomic mass is 32.1. The number of alkyl halides is 3. The van der Waals surface area contributed by atoms with Gasteiger partial charge in [0.25, 0.3) is 0 Å². The van der Waals surface area contributed by atoms with E-state index in [9.17, 15) is 13.2 Å². The number of thiophene rings is 1. The van der Waals surface area contributed by atoms with Gasteiger partial charge in [-0.1, -0.05) is 18.2 Å². The van der Waals surface area contributed by atoms with Crippen LogP contribution in [0.25, 0.3) is 0 Å². The van der Waals surface area contributed by atoms with Crippen LogP contribution in [0.2, 0.25) is 0 Å². The molecule has 0 unspecified atom stereocenters. The minimum Gasteiger partial charge on any atom is -0.320 e. The van der Waals surface area contributed by atoms with Gasteiger partial charge in [0.15, 0.2) is 0 Å². The first-order chi connectivity index (χ1) is 7.98. The van der Waals surface area contributed by atoms with Gasteiger partial charge in [0.05, 0.1) is 11.6 Å². The van der Waals surface area contributed by atoms with Crippen LogP contribution in [-0.4, -0.2) is 0 Å². The Labute approximate surface area is 101 Å². The lowest BCUT2D eigenvalue weighted by Gasteiger charge is -2.12. The summed E-state index contributed by atoms with van der Waals surface area (Å²) in [5.74, 6) is 0. The van der Waals surface area contributed by atoms with Gasteiger partial charge in [-0.05, 0) is 29.1 Å². The molecule has 0 spiro atoms. The van der Waals surface area contributed by atoms with Crippen LogP contribution in [0.1, 0.15) is 22.0 Å². The second-order valence-corrected chi connectivity index (χ2v) is 4.59. The zero-order valence-electron chi connectivity index (χ0n) is 8.74. The number of halogens is 3. The van der Waals surface area contributed by atoms with Gasteiger partial charge in [-0.2, -0.15) is 13.2 Å². The number of nitrogens with two attached hydrogens (primary N) is 1. The first-order valence-electron chi connectivity index (χ1n) is 4.94. The lowest BCUT2D eigenvalue weighted by atomic mass is 10.0. The van der Waals surface area contributed by atoms with E-state index in [1.54, 1.807) is 0 Å². The molecule has 1 aromatic heterocycles. The SMILES string of the molecule is N[C@H](c1ccc(C(F)(F)F)cc1)c1cccs1. The van der Waals surface area contributed by atoms with Crippen molar-refractivity contribution in [2.75, 3.05) is 0 Å². The smallest absolute Gasteiger partial charge is 0.320 e. The van der Waals surface area contributed by atoms with Gasteiger partial charge in [0.1, 0.15) is 0 Å². The van der Waals surface area contributed by atoms with Crippen LogP contribution in [0, 0.1) is 0 Å². The largest absolute Gasteiger partial charge is 0.416 e. The van der Waals surface area contributed by atoms with Gasteiger partial charge in [-0.15, -0.1) is 11.3 Å². The lowest BCUT2D eigenvalue weighted by molar-refractivity contribution is -0.137. The van der Waals surface area contributed by atoms with Crippen LogP contribution in [-0.2, 0) is 6.18 Å². The summed E-state index contributed by atoms with van der Waals surface area (Å²) in [6.45, 7) is 0. The average Bonchev–Trinajstić information content (AvgIpc) is 2.80. The molecule has 2 aromatic rings. The van der Waals surface area contributed by atoms with E-state index >= 15 is 0 Å². The molecule has 0 radical (unpaired) electrons. The Morgan fingerprint density at radius 1 is 1.06 bits per heavy atom. The molecule has 2 N–H and O–H groups in total. The zero-order chi connectivity index (χ0) is 12.5. The van der Waals surface area contributed by atoms with E-state index in [0.717, 1.165) is 17.0 Å². The highest BCUT2D eigenvalue weighted by Gasteiger charge is 2.30. The van der Waals surface area contributed by atoms with Gasteiger partial charge >= 0.3 is 6.18 Å². The van der Waals surface area contributed by atoms with Crippen LogP contribution < -0.4 is 5.73 Å². The topological polar surface area (TPSA) is 26.0 Å². The van der Waals surface area contributed by atoms with Crippen molar-refractivity contribution >= 4 is 11.3 Å². The van der Waals surface area contributed by atoms with Gasteiger partial charge in [-0.3, -0.25) is 0 Å². The summed E-state index contributed by atoms with van der Waals surface area (Å²) < 4.78 is 37.1. The van der Waals surface area contributed by atoms with Crippen molar-refractivity contribution in [1.82, 2.24) is 0 Å². The molecule has 1 heterocycles. The van der Waals surface area contributed by atoms with Gasteiger partial charge in [0, 0.05) is 4.88 Å². The minimum atomic E-state index is -4.30. The van der Waals surface area contributed by atoms with E-state index in [1.807, 2.05) is 17.5 Å². The molecule has 17 heavy (non-hydrogen) atoms.